The van der Waals surface area contributed by atoms with Crippen LogP contribution in [0.15, 0.2) is 164 Å². The topological polar surface area (TPSA) is 8.17 Å². The van der Waals surface area contributed by atoms with Gasteiger partial charge in [0.15, 0.2) is 0 Å². The Morgan fingerprint density at radius 2 is 0.977 bits per heavy atom. The fourth-order valence-electron chi connectivity index (χ4n) is 6.34. The Bertz CT molecular complexity index is 2210. The summed E-state index contributed by atoms with van der Waals surface area (Å²) in [6.45, 7) is 0. The molecule has 0 aliphatic heterocycles. The predicted octanol–water partition coefficient (Wildman–Crippen LogP) is 11.0. The number of hydrogen-bond acceptors (Lipinski definition) is 1. The molecule has 0 fully saturated rings. The first-order valence-corrected chi connectivity index (χ1v) is 14.8. The Morgan fingerprint density at radius 1 is 0.419 bits per heavy atom. The van der Waals surface area contributed by atoms with Gasteiger partial charge in [-0.05, 0) is 76.2 Å². The van der Waals surface area contributed by atoms with Gasteiger partial charge in [-0.2, -0.15) is 0 Å². The molecule has 0 spiro atoms. The lowest BCUT2D eigenvalue weighted by molar-refractivity contribution is 1.19. The lowest BCUT2D eigenvalue weighted by Crippen LogP contribution is -2.08. The van der Waals surface area contributed by atoms with Crippen molar-refractivity contribution in [2.24, 2.45) is 0 Å². The van der Waals surface area contributed by atoms with E-state index in [4.69, 9.17) is 0 Å². The number of hydrogen-bond donors (Lipinski definition) is 0. The quantitative estimate of drug-likeness (QED) is 0.207. The van der Waals surface area contributed by atoms with Gasteiger partial charge in [0.05, 0.1) is 11.0 Å². The molecule has 0 saturated heterocycles. The summed E-state index contributed by atoms with van der Waals surface area (Å²) in [5.41, 5.74) is 10.9. The van der Waals surface area contributed by atoms with Gasteiger partial charge >= 0.3 is 0 Å². The first-order valence-electron chi connectivity index (χ1n) is 14.8. The van der Waals surface area contributed by atoms with E-state index < -0.39 is 0 Å². The van der Waals surface area contributed by atoms with Crippen molar-refractivity contribution >= 4 is 44.0 Å². The summed E-state index contributed by atoms with van der Waals surface area (Å²) in [7, 11) is 2.13. The summed E-state index contributed by atoms with van der Waals surface area (Å²) < 4.78 is 2.41. The van der Waals surface area contributed by atoms with Crippen molar-refractivity contribution in [3.63, 3.8) is 0 Å². The monoisotopic (exact) mass is 550 g/mol. The molecule has 8 aromatic rings. The van der Waals surface area contributed by atoms with E-state index in [1.807, 2.05) is 0 Å². The predicted molar refractivity (Wildman–Crippen MR) is 184 cm³/mol. The maximum Gasteiger partial charge on any atom is 0.0619 e. The highest BCUT2D eigenvalue weighted by Crippen LogP contribution is 2.38. The highest BCUT2D eigenvalue weighted by Gasteiger charge is 2.16. The molecule has 0 amide bonds. The highest BCUT2D eigenvalue weighted by atomic mass is 15.1. The summed E-state index contributed by atoms with van der Waals surface area (Å²) in [5, 5.41) is 5.06. The molecule has 1 heterocycles. The van der Waals surface area contributed by atoms with Gasteiger partial charge in [0.25, 0.3) is 0 Å². The fraction of sp³-hybridized carbons (Fsp3) is 0.0244. The largest absolute Gasteiger partial charge is 0.345 e. The standard InChI is InChI=1S/C41H30N2/c1-42(34-22-16-30(17-23-34)29-10-4-2-5-11-29)35-24-18-31(19-25-35)33-21-27-40-39(28-33)38-26-20-32-12-8-9-15-37(32)41(38)43(40)36-13-6-3-7-14-36/h2-28H,1H3. The summed E-state index contributed by atoms with van der Waals surface area (Å²) >= 11 is 0. The zero-order valence-electron chi connectivity index (χ0n) is 24.0. The molecule has 0 N–H and O–H groups in total. The normalized spacial score (nSPS) is 11.4. The van der Waals surface area contributed by atoms with E-state index in [2.05, 4.69) is 180 Å². The minimum absolute atomic E-state index is 1.16. The number of anilines is 2. The van der Waals surface area contributed by atoms with E-state index >= 15 is 0 Å². The summed E-state index contributed by atoms with van der Waals surface area (Å²) in [6.07, 6.45) is 0. The maximum absolute atomic E-state index is 2.41. The molecular weight excluding hydrogens is 520 g/mol. The van der Waals surface area contributed by atoms with Crippen molar-refractivity contribution in [1.29, 1.82) is 0 Å². The van der Waals surface area contributed by atoms with E-state index in [1.54, 1.807) is 0 Å². The van der Waals surface area contributed by atoms with E-state index in [1.165, 1.54) is 60.5 Å². The van der Waals surface area contributed by atoms with Crippen molar-refractivity contribution in [3.05, 3.63) is 164 Å². The van der Waals surface area contributed by atoms with Gasteiger partial charge in [0.1, 0.15) is 0 Å². The number of fused-ring (bicyclic) bond motifs is 5. The van der Waals surface area contributed by atoms with Gasteiger partial charge in [-0.25, -0.2) is 0 Å². The van der Waals surface area contributed by atoms with Crippen LogP contribution in [0.1, 0.15) is 0 Å². The SMILES string of the molecule is CN(c1ccc(-c2ccccc2)cc1)c1ccc(-c2ccc3c(c2)c2ccc4ccccc4c2n3-c2ccccc2)cc1. The molecule has 1 aromatic heterocycles. The van der Waals surface area contributed by atoms with Gasteiger partial charge in [-0.15, -0.1) is 0 Å². The molecule has 0 aliphatic rings. The molecule has 0 unspecified atom stereocenters. The Hall–Kier alpha value is -5.60. The Balaban J connectivity index is 1.17. The van der Waals surface area contributed by atoms with Crippen molar-refractivity contribution < 1.29 is 0 Å². The maximum atomic E-state index is 2.41. The second-order valence-corrected chi connectivity index (χ2v) is 11.1. The van der Waals surface area contributed by atoms with E-state index in [0.29, 0.717) is 0 Å². The van der Waals surface area contributed by atoms with Crippen molar-refractivity contribution in [2.75, 3.05) is 11.9 Å². The Kier molecular flexibility index (Phi) is 6.05. The molecule has 7 aromatic carbocycles. The highest BCUT2D eigenvalue weighted by molar-refractivity contribution is 6.19. The molecule has 204 valence electrons. The van der Waals surface area contributed by atoms with Crippen LogP contribution in [0.5, 0.6) is 0 Å². The van der Waals surface area contributed by atoms with Gasteiger partial charge in [0, 0.05) is 40.3 Å². The third-order valence-electron chi connectivity index (χ3n) is 8.62. The smallest absolute Gasteiger partial charge is 0.0619 e. The van der Waals surface area contributed by atoms with Crippen LogP contribution in [0.4, 0.5) is 11.4 Å². The first kappa shape index (κ1) is 25.1. The average molecular weight is 551 g/mol. The van der Waals surface area contributed by atoms with Crippen LogP contribution in [0.25, 0.3) is 60.5 Å². The van der Waals surface area contributed by atoms with Gasteiger partial charge in [0.2, 0.25) is 0 Å². The minimum atomic E-state index is 1.16. The molecule has 8 rings (SSSR count). The lowest BCUT2D eigenvalue weighted by atomic mass is 10.0. The summed E-state index contributed by atoms with van der Waals surface area (Å²) in [6, 6.07) is 59.0. The van der Waals surface area contributed by atoms with E-state index in [-0.39, 0.29) is 0 Å². The molecule has 0 saturated carbocycles. The van der Waals surface area contributed by atoms with Crippen LogP contribution >= 0.6 is 0 Å². The van der Waals surface area contributed by atoms with Gasteiger partial charge < -0.3 is 9.47 Å². The van der Waals surface area contributed by atoms with Crippen LogP contribution < -0.4 is 4.90 Å². The molecular formula is C41H30N2. The van der Waals surface area contributed by atoms with E-state index in [9.17, 15) is 0 Å². The first-order chi connectivity index (χ1) is 21.2. The summed E-state index contributed by atoms with van der Waals surface area (Å²) in [4.78, 5) is 2.24. The van der Waals surface area contributed by atoms with Crippen molar-refractivity contribution in [2.45, 2.75) is 0 Å². The molecule has 0 bridgehead atoms. The molecule has 2 heteroatoms. The van der Waals surface area contributed by atoms with Crippen LogP contribution in [-0.4, -0.2) is 11.6 Å². The summed E-state index contributed by atoms with van der Waals surface area (Å²) in [5.74, 6) is 0. The lowest BCUT2D eigenvalue weighted by Gasteiger charge is -2.20. The van der Waals surface area contributed by atoms with E-state index in [0.717, 1.165) is 11.4 Å². The number of benzene rings is 7. The average Bonchev–Trinajstić information content (AvgIpc) is 3.43. The van der Waals surface area contributed by atoms with Gasteiger partial charge in [-0.1, -0.05) is 115 Å². The second kappa shape index (κ2) is 10.3. The third-order valence-corrected chi connectivity index (χ3v) is 8.62. The minimum Gasteiger partial charge on any atom is -0.345 e. The van der Waals surface area contributed by atoms with Crippen molar-refractivity contribution in [1.82, 2.24) is 4.57 Å². The Morgan fingerprint density at radius 3 is 1.67 bits per heavy atom. The zero-order chi connectivity index (χ0) is 28.8. The zero-order valence-corrected chi connectivity index (χ0v) is 24.0. The Labute approximate surface area is 251 Å². The van der Waals surface area contributed by atoms with Crippen molar-refractivity contribution in [3.8, 4) is 27.9 Å². The molecule has 43 heavy (non-hydrogen) atoms. The molecule has 0 radical (unpaired) electrons. The third kappa shape index (κ3) is 4.36. The second-order valence-electron chi connectivity index (χ2n) is 11.1. The van der Waals surface area contributed by atoms with Crippen LogP contribution in [-0.2, 0) is 0 Å². The molecule has 0 aliphatic carbocycles. The fourth-order valence-corrected chi connectivity index (χ4v) is 6.34. The molecule has 2 nitrogen and oxygen atoms in total. The van der Waals surface area contributed by atoms with Gasteiger partial charge in [-0.3, -0.25) is 0 Å². The number of nitrogens with zero attached hydrogens (tertiary/aromatic N) is 2. The number of para-hydroxylation sites is 1. The number of rotatable bonds is 5. The molecule has 0 atom stereocenters. The van der Waals surface area contributed by atoms with Crippen LogP contribution in [0, 0.1) is 0 Å². The van der Waals surface area contributed by atoms with Crippen LogP contribution in [0.2, 0.25) is 0 Å². The van der Waals surface area contributed by atoms with Crippen LogP contribution in [0.3, 0.4) is 0 Å². The number of aromatic nitrogens is 1.